The Morgan fingerprint density at radius 1 is 1.47 bits per heavy atom. The highest BCUT2D eigenvalue weighted by Gasteiger charge is 2.20. The van der Waals surface area contributed by atoms with Crippen molar-refractivity contribution in [2.24, 2.45) is 0 Å². The van der Waals surface area contributed by atoms with Crippen LogP contribution in [0.1, 0.15) is 39.5 Å². The van der Waals surface area contributed by atoms with E-state index in [0.29, 0.717) is 12.2 Å². The largest absolute Gasteiger partial charge is 0.345 e. The number of hydrogen-bond donors (Lipinski definition) is 0. The minimum atomic E-state index is 0.297. The molecule has 0 fully saturated rings. The maximum atomic E-state index is 11.7. The molecule has 0 radical (unpaired) electrons. The quantitative estimate of drug-likeness (QED) is 0.816. The van der Waals surface area contributed by atoms with Crippen LogP contribution in [0.15, 0.2) is 17.8 Å². The summed E-state index contributed by atoms with van der Waals surface area (Å²) in [4.78, 5) is 17.3. The Bertz CT molecular complexity index is 568. The van der Waals surface area contributed by atoms with Crippen LogP contribution in [0.5, 0.6) is 0 Å². The molecule has 1 aliphatic rings. The number of aryl methyl sites for hydroxylation is 1. The number of Topliss-reactive ketones (excluding diaryl/α,β-unsaturated/α-hetero) is 1. The molecule has 4 heteroatoms. The van der Waals surface area contributed by atoms with Gasteiger partial charge in [-0.1, -0.05) is 0 Å². The zero-order valence-corrected chi connectivity index (χ0v) is 10.6. The fraction of sp³-hybridized carbons (Fsp3) is 0.385. The molecule has 3 rings (SSSR count). The Kier molecular flexibility index (Phi) is 2.59. The average molecular weight is 246 g/mol. The first-order valence-electron chi connectivity index (χ1n) is 5.86. The van der Waals surface area contributed by atoms with Gasteiger partial charge in [-0.05, 0) is 25.8 Å². The van der Waals surface area contributed by atoms with Gasteiger partial charge in [-0.3, -0.25) is 4.79 Å². The second kappa shape index (κ2) is 4.11. The van der Waals surface area contributed by atoms with Crippen molar-refractivity contribution in [3.63, 3.8) is 0 Å². The monoisotopic (exact) mass is 246 g/mol. The summed E-state index contributed by atoms with van der Waals surface area (Å²) in [6.07, 6.45) is 4.74. The van der Waals surface area contributed by atoms with Crippen LogP contribution in [-0.4, -0.2) is 15.3 Å². The van der Waals surface area contributed by atoms with Crippen molar-refractivity contribution in [1.29, 1.82) is 0 Å². The predicted octanol–water partition coefficient (Wildman–Crippen LogP) is 2.82. The lowest BCUT2D eigenvalue weighted by molar-refractivity contribution is 0.0972. The van der Waals surface area contributed by atoms with Crippen LogP contribution in [0.4, 0.5) is 0 Å². The van der Waals surface area contributed by atoms with Gasteiger partial charge >= 0.3 is 0 Å². The number of ketones is 1. The molecule has 0 unspecified atom stereocenters. The van der Waals surface area contributed by atoms with E-state index in [2.05, 4.69) is 9.55 Å². The summed E-state index contributed by atoms with van der Waals surface area (Å²) in [5.41, 5.74) is 5.11. The average Bonchev–Trinajstić information content (AvgIpc) is 2.89. The number of aromatic nitrogens is 2. The normalized spacial score (nSPS) is 15.0. The molecule has 88 valence electrons. The van der Waals surface area contributed by atoms with Crippen LogP contribution >= 0.6 is 11.3 Å². The molecule has 2 heterocycles. The number of fused-ring (bicyclic) bond motifs is 1. The molecule has 0 aromatic carbocycles. The Labute approximate surface area is 104 Å². The summed E-state index contributed by atoms with van der Waals surface area (Å²) >= 11 is 1.68. The fourth-order valence-electron chi connectivity index (χ4n) is 2.37. The third-order valence-corrected chi connectivity index (χ3v) is 4.28. The maximum absolute atomic E-state index is 11.7. The summed E-state index contributed by atoms with van der Waals surface area (Å²) in [6, 6.07) is 1.97. The molecule has 2 aromatic heterocycles. The molecule has 0 aliphatic heterocycles. The second-order valence-corrected chi connectivity index (χ2v) is 5.38. The molecule has 0 amide bonds. The zero-order valence-electron chi connectivity index (χ0n) is 9.77. The second-order valence-electron chi connectivity index (χ2n) is 4.44. The van der Waals surface area contributed by atoms with E-state index in [1.54, 1.807) is 11.3 Å². The number of carbonyl (C=O) groups is 1. The van der Waals surface area contributed by atoms with Crippen molar-refractivity contribution in [2.75, 3.05) is 0 Å². The Hall–Kier alpha value is -1.42. The van der Waals surface area contributed by atoms with E-state index in [4.69, 9.17) is 0 Å². The third-order valence-electron chi connectivity index (χ3n) is 3.36. The highest BCUT2D eigenvalue weighted by Crippen LogP contribution is 2.24. The third kappa shape index (κ3) is 1.82. The first kappa shape index (κ1) is 10.7. The lowest BCUT2D eigenvalue weighted by atomic mass is 9.97. The topological polar surface area (TPSA) is 34.9 Å². The molecule has 2 aromatic rings. The molecular formula is C13H14N2OS. The van der Waals surface area contributed by atoms with Crippen molar-refractivity contribution in [2.45, 2.75) is 32.7 Å². The van der Waals surface area contributed by atoms with Gasteiger partial charge in [0.15, 0.2) is 5.78 Å². The highest BCUT2D eigenvalue weighted by atomic mass is 32.1. The van der Waals surface area contributed by atoms with Gasteiger partial charge in [-0.15, -0.1) is 11.3 Å². The van der Waals surface area contributed by atoms with Crippen molar-refractivity contribution in [3.8, 4) is 0 Å². The number of carbonyl (C=O) groups excluding carboxylic acids is 1. The van der Waals surface area contributed by atoms with Gasteiger partial charge in [0.1, 0.15) is 0 Å². The van der Waals surface area contributed by atoms with Crippen LogP contribution in [0.25, 0.3) is 0 Å². The number of hydrogen-bond acceptors (Lipinski definition) is 3. The van der Waals surface area contributed by atoms with E-state index in [0.717, 1.165) is 30.6 Å². The van der Waals surface area contributed by atoms with Crippen molar-refractivity contribution >= 4 is 17.1 Å². The molecule has 0 atom stereocenters. The SMILES string of the molecule is Cc1ncsc1Cn1ccc2c1CCCC2=O. The summed E-state index contributed by atoms with van der Waals surface area (Å²) < 4.78 is 2.20. The molecule has 1 aliphatic carbocycles. The summed E-state index contributed by atoms with van der Waals surface area (Å²) in [6.45, 7) is 2.88. The van der Waals surface area contributed by atoms with Crippen LogP contribution in [0, 0.1) is 6.92 Å². The van der Waals surface area contributed by atoms with Crippen LogP contribution in [0.2, 0.25) is 0 Å². The van der Waals surface area contributed by atoms with Crippen molar-refractivity contribution < 1.29 is 4.79 Å². The fourth-order valence-corrected chi connectivity index (χ4v) is 3.14. The Morgan fingerprint density at radius 2 is 2.35 bits per heavy atom. The van der Waals surface area contributed by atoms with Gasteiger partial charge in [0.05, 0.1) is 17.7 Å². The molecule has 3 nitrogen and oxygen atoms in total. The minimum absolute atomic E-state index is 0.297. The van der Waals surface area contributed by atoms with Crippen molar-refractivity contribution in [3.05, 3.63) is 39.6 Å². The molecule has 0 N–H and O–H groups in total. The van der Waals surface area contributed by atoms with Crippen LogP contribution in [0.3, 0.4) is 0 Å². The van der Waals surface area contributed by atoms with Crippen LogP contribution in [-0.2, 0) is 13.0 Å². The van der Waals surface area contributed by atoms with Gasteiger partial charge in [-0.2, -0.15) is 0 Å². The lowest BCUT2D eigenvalue weighted by Crippen LogP contribution is -2.13. The first-order valence-corrected chi connectivity index (χ1v) is 6.74. The molecule has 0 spiro atoms. The summed E-state index contributed by atoms with van der Waals surface area (Å²) in [5.74, 6) is 0.297. The Balaban J connectivity index is 1.95. The number of rotatable bonds is 2. The van der Waals surface area contributed by atoms with E-state index < -0.39 is 0 Å². The van der Waals surface area contributed by atoms with E-state index in [1.807, 2.05) is 24.7 Å². The lowest BCUT2D eigenvalue weighted by Gasteiger charge is -2.14. The van der Waals surface area contributed by atoms with E-state index in [-0.39, 0.29) is 0 Å². The van der Waals surface area contributed by atoms with Crippen LogP contribution < -0.4 is 0 Å². The van der Waals surface area contributed by atoms with Crippen molar-refractivity contribution in [1.82, 2.24) is 9.55 Å². The zero-order chi connectivity index (χ0) is 11.8. The first-order chi connectivity index (χ1) is 8.25. The van der Waals surface area contributed by atoms with Gasteiger partial charge in [0.2, 0.25) is 0 Å². The number of thiazole rings is 1. The summed E-state index contributed by atoms with van der Waals surface area (Å²) in [7, 11) is 0. The molecule has 0 saturated carbocycles. The van der Waals surface area contributed by atoms with E-state index in [1.165, 1.54) is 10.6 Å². The van der Waals surface area contributed by atoms with Gasteiger partial charge in [-0.25, -0.2) is 4.98 Å². The number of nitrogens with zero attached hydrogens (tertiary/aromatic N) is 2. The minimum Gasteiger partial charge on any atom is -0.345 e. The highest BCUT2D eigenvalue weighted by molar-refractivity contribution is 7.09. The molecule has 17 heavy (non-hydrogen) atoms. The van der Waals surface area contributed by atoms with Gasteiger partial charge < -0.3 is 4.57 Å². The molecular weight excluding hydrogens is 232 g/mol. The standard InChI is InChI=1S/C13H14N2OS/c1-9-13(17-8-14-9)7-15-6-5-10-11(15)3-2-4-12(10)16/h5-6,8H,2-4,7H2,1H3. The smallest absolute Gasteiger partial charge is 0.164 e. The van der Waals surface area contributed by atoms with Gasteiger partial charge in [0, 0.05) is 28.8 Å². The molecule has 0 bridgehead atoms. The Morgan fingerprint density at radius 3 is 3.12 bits per heavy atom. The van der Waals surface area contributed by atoms with E-state index >= 15 is 0 Å². The summed E-state index contributed by atoms with van der Waals surface area (Å²) in [5, 5.41) is 0. The van der Waals surface area contributed by atoms with E-state index in [9.17, 15) is 4.79 Å². The van der Waals surface area contributed by atoms with Gasteiger partial charge in [0.25, 0.3) is 0 Å². The predicted molar refractivity (Wildman–Crippen MR) is 67.7 cm³/mol. The maximum Gasteiger partial charge on any atom is 0.164 e. The molecule has 0 saturated heterocycles.